The van der Waals surface area contributed by atoms with Crippen molar-refractivity contribution in [3.63, 3.8) is 0 Å². The van der Waals surface area contributed by atoms with E-state index in [9.17, 15) is 13.2 Å². The second kappa shape index (κ2) is 6.44. The summed E-state index contributed by atoms with van der Waals surface area (Å²) in [7, 11) is -3.38. The highest BCUT2D eigenvalue weighted by atomic mass is 32.2. The van der Waals surface area contributed by atoms with Crippen LogP contribution in [0.1, 0.15) is 49.2 Å². The first kappa shape index (κ1) is 17.3. The van der Waals surface area contributed by atoms with Gasteiger partial charge in [-0.3, -0.25) is 9.52 Å². The summed E-state index contributed by atoms with van der Waals surface area (Å²) in [5.74, 6) is 0.619. The topological polar surface area (TPSA) is 101 Å². The summed E-state index contributed by atoms with van der Waals surface area (Å²) in [5, 5.41) is 2.81. The van der Waals surface area contributed by atoms with Gasteiger partial charge in [-0.25, -0.2) is 18.4 Å². The summed E-state index contributed by atoms with van der Waals surface area (Å²) in [6, 6.07) is 6.96. The molecular weight excluding hydrogens is 340 g/mol. The van der Waals surface area contributed by atoms with Crippen LogP contribution in [0.3, 0.4) is 0 Å². The number of sulfonamides is 1. The molecule has 1 amide bonds. The number of carbonyl (C=O) groups is 1. The van der Waals surface area contributed by atoms with Crippen LogP contribution in [0.5, 0.6) is 0 Å². The first-order valence-corrected chi connectivity index (χ1v) is 9.86. The summed E-state index contributed by atoms with van der Waals surface area (Å²) in [4.78, 5) is 21.0. The number of nitrogens with one attached hydrogen (secondary N) is 2. The molecule has 0 spiro atoms. The molecule has 25 heavy (non-hydrogen) atoms. The van der Waals surface area contributed by atoms with Crippen molar-refractivity contribution in [1.82, 2.24) is 9.97 Å². The number of carbonyl (C=O) groups excluding carboxylic acids is 1. The molecule has 2 heterocycles. The van der Waals surface area contributed by atoms with Crippen molar-refractivity contribution in [1.29, 1.82) is 0 Å². The van der Waals surface area contributed by atoms with Crippen LogP contribution in [0, 0.1) is 0 Å². The van der Waals surface area contributed by atoms with Crippen LogP contribution in [0.25, 0.3) is 0 Å². The lowest BCUT2D eigenvalue weighted by atomic mass is 9.87. The van der Waals surface area contributed by atoms with Crippen molar-refractivity contribution in [2.45, 2.75) is 32.1 Å². The first-order valence-electron chi connectivity index (χ1n) is 7.97. The Morgan fingerprint density at radius 2 is 2.04 bits per heavy atom. The van der Waals surface area contributed by atoms with E-state index in [4.69, 9.17) is 0 Å². The van der Waals surface area contributed by atoms with Crippen LogP contribution in [-0.4, -0.2) is 30.5 Å². The van der Waals surface area contributed by atoms with Gasteiger partial charge in [0.25, 0.3) is 0 Å². The summed E-state index contributed by atoms with van der Waals surface area (Å²) < 4.78 is 25.2. The molecule has 0 aliphatic carbocycles. The van der Waals surface area contributed by atoms with Gasteiger partial charge in [-0.2, -0.15) is 0 Å². The van der Waals surface area contributed by atoms with E-state index in [1.165, 1.54) is 0 Å². The zero-order valence-corrected chi connectivity index (χ0v) is 15.1. The molecule has 132 valence electrons. The molecule has 0 saturated carbocycles. The van der Waals surface area contributed by atoms with E-state index < -0.39 is 10.0 Å². The maximum atomic E-state index is 12.1. The van der Waals surface area contributed by atoms with Crippen LogP contribution in [-0.2, 0) is 14.8 Å². The van der Waals surface area contributed by atoms with Crippen molar-refractivity contribution < 1.29 is 13.2 Å². The molecule has 1 aromatic heterocycles. The summed E-state index contributed by atoms with van der Waals surface area (Å²) >= 11 is 0. The Bertz CT molecular complexity index is 925. The molecule has 8 heteroatoms. The zero-order valence-electron chi connectivity index (χ0n) is 14.3. The second-order valence-corrected chi connectivity index (χ2v) is 8.22. The molecule has 1 aliphatic heterocycles. The molecule has 7 nitrogen and oxygen atoms in total. The Balaban J connectivity index is 2.02. The van der Waals surface area contributed by atoms with Gasteiger partial charge in [0.05, 0.1) is 17.6 Å². The van der Waals surface area contributed by atoms with E-state index in [1.54, 1.807) is 18.3 Å². The van der Waals surface area contributed by atoms with Crippen molar-refractivity contribution in [2.75, 3.05) is 16.3 Å². The van der Waals surface area contributed by atoms with E-state index in [0.717, 1.165) is 23.3 Å². The maximum Gasteiger partial charge on any atom is 0.229 e. The number of hydrogen-bond donors (Lipinski definition) is 2. The quantitative estimate of drug-likeness (QED) is 0.872. The van der Waals surface area contributed by atoms with E-state index in [2.05, 4.69) is 20.0 Å². The fourth-order valence-electron chi connectivity index (χ4n) is 2.87. The van der Waals surface area contributed by atoms with Gasteiger partial charge in [-0.05, 0) is 23.8 Å². The van der Waals surface area contributed by atoms with Crippen LogP contribution in [0.4, 0.5) is 11.4 Å². The molecule has 1 atom stereocenters. The SMILES string of the molecule is CC(C)c1nccc(C2CC(=O)Nc3cc(NS(C)(=O)=O)ccc32)n1. The zero-order chi connectivity index (χ0) is 18.2. The minimum Gasteiger partial charge on any atom is -0.326 e. The van der Waals surface area contributed by atoms with Gasteiger partial charge < -0.3 is 5.32 Å². The number of anilines is 2. The van der Waals surface area contributed by atoms with E-state index >= 15 is 0 Å². The van der Waals surface area contributed by atoms with Crippen molar-refractivity contribution in [2.24, 2.45) is 0 Å². The number of benzene rings is 1. The molecule has 1 unspecified atom stereocenters. The highest BCUT2D eigenvalue weighted by Crippen LogP contribution is 2.37. The fourth-order valence-corrected chi connectivity index (χ4v) is 3.42. The average Bonchev–Trinajstić information content (AvgIpc) is 2.52. The minimum atomic E-state index is -3.38. The number of hydrogen-bond acceptors (Lipinski definition) is 5. The van der Waals surface area contributed by atoms with E-state index in [0.29, 0.717) is 17.8 Å². The predicted octanol–water partition coefficient (Wildman–Crippen LogP) is 2.45. The molecule has 0 bridgehead atoms. The number of amides is 1. The van der Waals surface area contributed by atoms with E-state index in [-0.39, 0.29) is 17.7 Å². The Morgan fingerprint density at radius 3 is 2.72 bits per heavy atom. The van der Waals surface area contributed by atoms with Gasteiger partial charge in [0, 0.05) is 30.1 Å². The average molecular weight is 360 g/mol. The first-order chi connectivity index (χ1) is 11.7. The predicted molar refractivity (Wildman–Crippen MR) is 96.1 cm³/mol. The lowest BCUT2D eigenvalue weighted by molar-refractivity contribution is -0.116. The summed E-state index contributed by atoms with van der Waals surface area (Å²) in [5.41, 5.74) is 2.71. The van der Waals surface area contributed by atoms with Crippen LogP contribution in [0.2, 0.25) is 0 Å². The van der Waals surface area contributed by atoms with Crippen molar-refractivity contribution >= 4 is 27.3 Å². The Morgan fingerprint density at radius 1 is 1.28 bits per heavy atom. The van der Waals surface area contributed by atoms with Crippen LogP contribution < -0.4 is 10.0 Å². The largest absolute Gasteiger partial charge is 0.326 e. The molecular formula is C17H20N4O3S. The fraction of sp³-hybridized carbons (Fsp3) is 0.353. The normalized spacial score (nSPS) is 17.1. The molecule has 1 aliphatic rings. The van der Waals surface area contributed by atoms with Gasteiger partial charge >= 0.3 is 0 Å². The number of nitrogens with zero attached hydrogens (tertiary/aromatic N) is 2. The van der Waals surface area contributed by atoms with Gasteiger partial charge in [-0.1, -0.05) is 19.9 Å². The third-order valence-corrected chi connectivity index (χ3v) is 4.57. The molecule has 0 radical (unpaired) electrons. The molecule has 3 rings (SSSR count). The Labute approximate surface area is 146 Å². The highest BCUT2D eigenvalue weighted by Gasteiger charge is 2.28. The Kier molecular flexibility index (Phi) is 4.47. The number of aromatic nitrogens is 2. The second-order valence-electron chi connectivity index (χ2n) is 6.48. The molecule has 2 N–H and O–H groups in total. The third-order valence-electron chi connectivity index (χ3n) is 3.96. The number of rotatable bonds is 4. The molecule has 0 saturated heterocycles. The number of fused-ring (bicyclic) bond motifs is 1. The summed E-state index contributed by atoms with van der Waals surface area (Å²) in [6.45, 7) is 4.04. The molecule has 2 aromatic rings. The van der Waals surface area contributed by atoms with E-state index in [1.807, 2.05) is 26.0 Å². The van der Waals surface area contributed by atoms with Gasteiger partial charge in [0.2, 0.25) is 15.9 Å². The van der Waals surface area contributed by atoms with Crippen LogP contribution in [0.15, 0.2) is 30.5 Å². The van der Waals surface area contributed by atoms with Crippen molar-refractivity contribution in [3.8, 4) is 0 Å². The smallest absolute Gasteiger partial charge is 0.229 e. The van der Waals surface area contributed by atoms with Crippen LogP contribution >= 0.6 is 0 Å². The third kappa shape index (κ3) is 3.96. The van der Waals surface area contributed by atoms with Crippen molar-refractivity contribution in [3.05, 3.63) is 47.5 Å². The van der Waals surface area contributed by atoms with Gasteiger partial charge in [0.15, 0.2) is 0 Å². The van der Waals surface area contributed by atoms with Gasteiger partial charge in [-0.15, -0.1) is 0 Å². The summed E-state index contributed by atoms with van der Waals surface area (Å²) in [6.07, 6.45) is 3.09. The monoisotopic (exact) mass is 360 g/mol. The minimum absolute atomic E-state index is 0.126. The van der Waals surface area contributed by atoms with Gasteiger partial charge in [0.1, 0.15) is 5.82 Å². The lowest BCUT2D eigenvalue weighted by Crippen LogP contribution is -2.24. The maximum absolute atomic E-state index is 12.1. The molecule has 1 aromatic carbocycles. The molecule has 0 fully saturated rings. The standard InChI is InChI=1S/C17H20N4O3S/c1-10(2)17-18-7-6-14(20-17)13-9-16(22)19-15-8-11(4-5-12(13)15)21-25(3,23)24/h4-8,10,13,21H,9H2,1-3H3,(H,19,22). The lowest BCUT2D eigenvalue weighted by Gasteiger charge is -2.26. The Hall–Kier alpha value is -2.48. The highest BCUT2D eigenvalue weighted by molar-refractivity contribution is 7.92.